The average molecular weight is 309 g/mol. The molecular formula is C19H19NO3. The van der Waals surface area contributed by atoms with Gasteiger partial charge in [-0.3, -0.25) is 4.79 Å². The number of aryl methyl sites for hydroxylation is 2. The Kier molecular flexibility index (Phi) is 4.42. The molecule has 2 aromatic carbocycles. The molecule has 0 heterocycles. The number of carboxylic acid groups (broad SMARTS) is 1. The van der Waals surface area contributed by atoms with Gasteiger partial charge in [0.15, 0.2) is 6.04 Å². The molecule has 0 aromatic heterocycles. The highest BCUT2D eigenvalue weighted by Crippen LogP contribution is 2.22. The molecule has 2 N–H and O–H groups in total. The lowest BCUT2D eigenvalue weighted by Gasteiger charge is -2.18. The third kappa shape index (κ3) is 3.42. The predicted molar refractivity (Wildman–Crippen MR) is 87.4 cm³/mol. The molecule has 0 radical (unpaired) electrons. The molecule has 0 bridgehead atoms. The highest BCUT2D eigenvalue weighted by atomic mass is 16.4. The first-order valence-corrected chi connectivity index (χ1v) is 7.85. The van der Waals surface area contributed by atoms with Gasteiger partial charge >= 0.3 is 5.97 Å². The number of rotatable bonds is 4. The topological polar surface area (TPSA) is 66.4 Å². The lowest BCUT2D eigenvalue weighted by molar-refractivity contribution is -0.139. The van der Waals surface area contributed by atoms with Crippen molar-refractivity contribution in [2.75, 3.05) is 0 Å². The zero-order valence-electron chi connectivity index (χ0n) is 12.8. The number of carbonyl (C=O) groups is 2. The molecule has 1 unspecified atom stereocenters. The van der Waals surface area contributed by atoms with Crippen LogP contribution in [0, 0.1) is 0 Å². The highest BCUT2D eigenvalue weighted by molar-refractivity contribution is 5.97. The first kappa shape index (κ1) is 15.3. The van der Waals surface area contributed by atoms with Crippen LogP contribution in [-0.2, 0) is 17.6 Å². The second kappa shape index (κ2) is 6.65. The van der Waals surface area contributed by atoms with Crippen molar-refractivity contribution in [3.63, 3.8) is 0 Å². The van der Waals surface area contributed by atoms with Crippen LogP contribution in [0.2, 0.25) is 0 Å². The SMILES string of the molecule is O=C(NC(C(=O)O)c1ccccc1)c1ccc2c(c1)CCCC2. The van der Waals surface area contributed by atoms with Gasteiger partial charge in [-0.05, 0) is 54.5 Å². The monoisotopic (exact) mass is 309 g/mol. The van der Waals surface area contributed by atoms with E-state index in [1.807, 2.05) is 18.2 Å². The summed E-state index contributed by atoms with van der Waals surface area (Å²) >= 11 is 0. The molecular weight excluding hydrogens is 290 g/mol. The summed E-state index contributed by atoms with van der Waals surface area (Å²) in [5.41, 5.74) is 3.58. The normalized spacial score (nSPS) is 14.6. The maximum Gasteiger partial charge on any atom is 0.330 e. The highest BCUT2D eigenvalue weighted by Gasteiger charge is 2.23. The zero-order chi connectivity index (χ0) is 16.2. The van der Waals surface area contributed by atoms with Crippen LogP contribution in [0.3, 0.4) is 0 Å². The Morgan fingerprint density at radius 3 is 2.35 bits per heavy atom. The minimum Gasteiger partial charge on any atom is -0.479 e. The predicted octanol–water partition coefficient (Wildman–Crippen LogP) is 3.12. The molecule has 4 heteroatoms. The third-order valence-electron chi connectivity index (χ3n) is 4.27. The number of hydrogen-bond donors (Lipinski definition) is 2. The summed E-state index contributed by atoms with van der Waals surface area (Å²) in [5.74, 6) is -1.42. The Labute approximate surface area is 135 Å². The lowest BCUT2D eigenvalue weighted by Crippen LogP contribution is -2.33. The van der Waals surface area contributed by atoms with Crippen LogP contribution in [0.5, 0.6) is 0 Å². The van der Waals surface area contributed by atoms with Gasteiger partial charge in [0.1, 0.15) is 0 Å². The molecule has 3 rings (SSSR count). The van der Waals surface area contributed by atoms with Crippen LogP contribution in [0.1, 0.15) is 45.9 Å². The Hall–Kier alpha value is -2.62. The van der Waals surface area contributed by atoms with E-state index in [2.05, 4.69) is 5.32 Å². The van der Waals surface area contributed by atoms with Gasteiger partial charge in [0, 0.05) is 5.56 Å². The second-order valence-corrected chi connectivity index (χ2v) is 5.85. The molecule has 0 spiro atoms. The first-order valence-electron chi connectivity index (χ1n) is 7.85. The van der Waals surface area contributed by atoms with Gasteiger partial charge in [0.2, 0.25) is 0 Å². The van der Waals surface area contributed by atoms with E-state index in [0.717, 1.165) is 19.3 Å². The van der Waals surface area contributed by atoms with Crippen LogP contribution in [0.4, 0.5) is 0 Å². The largest absolute Gasteiger partial charge is 0.479 e. The van der Waals surface area contributed by atoms with E-state index in [4.69, 9.17) is 0 Å². The molecule has 1 atom stereocenters. The molecule has 0 saturated heterocycles. The second-order valence-electron chi connectivity index (χ2n) is 5.85. The van der Waals surface area contributed by atoms with E-state index >= 15 is 0 Å². The number of hydrogen-bond acceptors (Lipinski definition) is 2. The van der Waals surface area contributed by atoms with Crippen molar-refractivity contribution in [1.82, 2.24) is 5.32 Å². The standard InChI is InChI=1S/C19H19NO3/c21-18(16-11-10-13-6-4-5-9-15(13)12-16)20-17(19(22)23)14-7-2-1-3-8-14/h1-3,7-8,10-12,17H,4-6,9H2,(H,20,21)(H,22,23). The van der Waals surface area contributed by atoms with E-state index < -0.39 is 12.0 Å². The molecule has 0 saturated carbocycles. The fraction of sp³-hybridized carbons (Fsp3) is 0.263. The number of nitrogens with one attached hydrogen (secondary N) is 1. The van der Waals surface area contributed by atoms with E-state index in [0.29, 0.717) is 11.1 Å². The summed E-state index contributed by atoms with van der Waals surface area (Å²) in [6.45, 7) is 0. The molecule has 1 amide bonds. The van der Waals surface area contributed by atoms with Gasteiger partial charge < -0.3 is 10.4 Å². The zero-order valence-corrected chi connectivity index (χ0v) is 12.8. The number of benzene rings is 2. The quantitative estimate of drug-likeness (QED) is 0.912. The van der Waals surface area contributed by atoms with Crippen LogP contribution >= 0.6 is 0 Å². The van der Waals surface area contributed by atoms with Crippen LogP contribution < -0.4 is 5.32 Å². The number of aliphatic carboxylic acids is 1. The number of amides is 1. The van der Waals surface area contributed by atoms with Gasteiger partial charge in [0.05, 0.1) is 0 Å². The van der Waals surface area contributed by atoms with E-state index in [-0.39, 0.29) is 5.91 Å². The van der Waals surface area contributed by atoms with Gasteiger partial charge in [-0.1, -0.05) is 36.4 Å². The molecule has 1 aliphatic rings. The van der Waals surface area contributed by atoms with Gasteiger partial charge in [0.25, 0.3) is 5.91 Å². The van der Waals surface area contributed by atoms with Crippen molar-refractivity contribution >= 4 is 11.9 Å². The Morgan fingerprint density at radius 2 is 1.65 bits per heavy atom. The van der Waals surface area contributed by atoms with Crippen LogP contribution in [0.15, 0.2) is 48.5 Å². The molecule has 2 aromatic rings. The molecule has 1 aliphatic carbocycles. The summed E-state index contributed by atoms with van der Waals surface area (Å²) in [5, 5.41) is 12.0. The summed E-state index contributed by atoms with van der Waals surface area (Å²) in [6.07, 6.45) is 4.37. The van der Waals surface area contributed by atoms with Crippen molar-refractivity contribution < 1.29 is 14.7 Å². The average Bonchev–Trinajstić information content (AvgIpc) is 2.59. The Morgan fingerprint density at radius 1 is 0.957 bits per heavy atom. The molecule has 118 valence electrons. The number of carbonyl (C=O) groups excluding carboxylic acids is 1. The molecule has 0 fully saturated rings. The maximum atomic E-state index is 12.4. The minimum atomic E-state index is -1.07. The van der Waals surface area contributed by atoms with E-state index in [1.165, 1.54) is 17.5 Å². The molecule has 23 heavy (non-hydrogen) atoms. The fourth-order valence-corrected chi connectivity index (χ4v) is 3.02. The van der Waals surface area contributed by atoms with Crippen LogP contribution in [-0.4, -0.2) is 17.0 Å². The fourth-order valence-electron chi connectivity index (χ4n) is 3.02. The number of carboxylic acids is 1. The van der Waals surface area contributed by atoms with Crippen LogP contribution in [0.25, 0.3) is 0 Å². The summed E-state index contributed by atoms with van der Waals surface area (Å²) in [6, 6.07) is 13.4. The first-order chi connectivity index (χ1) is 11.1. The molecule has 0 aliphatic heterocycles. The van der Waals surface area contributed by atoms with Gasteiger partial charge in [-0.15, -0.1) is 0 Å². The number of fused-ring (bicyclic) bond motifs is 1. The minimum absolute atomic E-state index is 0.352. The smallest absolute Gasteiger partial charge is 0.330 e. The Bertz CT molecular complexity index is 725. The van der Waals surface area contributed by atoms with Crippen molar-refractivity contribution in [2.45, 2.75) is 31.7 Å². The van der Waals surface area contributed by atoms with E-state index in [9.17, 15) is 14.7 Å². The summed E-state index contributed by atoms with van der Waals surface area (Å²) in [7, 11) is 0. The van der Waals surface area contributed by atoms with Crippen molar-refractivity contribution in [1.29, 1.82) is 0 Å². The van der Waals surface area contributed by atoms with Crippen molar-refractivity contribution in [3.8, 4) is 0 Å². The summed E-state index contributed by atoms with van der Waals surface area (Å²) < 4.78 is 0. The lowest BCUT2D eigenvalue weighted by atomic mass is 9.90. The third-order valence-corrected chi connectivity index (χ3v) is 4.27. The van der Waals surface area contributed by atoms with Gasteiger partial charge in [-0.2, -0.15) is 0 Å². The Balaban J connectivity index is 1.81. The summed E-state index contributed by atoms with van der Waals surface area (Å²) in [4.78, 5) is 23.9. The van der Waals surface area contributed by atoms with Crippen molar-refractivity contribution in [2.24, 2.45) is 0 Å². The van der Waals surface area contributed by atoms with E-state index in [1.54, 1.807) is 30.3 Å². The van der Waals surface area contributed by atoms with Crippen molar-refractivity contribution in [3.05, 3.63) is 70.8 Å². The molecule has 4 nitrogen and oxygen atoms in total. The van der Waals surface area contributed by atoms with Gasteiger partial charge in [-0.25, -0.2) is 4.79 Å². The maximum absolute atomic E-state index is 12.4.